The van der Waals surface area contributed by atoms with Gasteiger partial charge in [0.25, 0.3) is 0 Å². The molecule has 0 saturated carbocycles. The Hall–Kier alpha value is -1.64. The van der Waals surface area contributed by atoms with Crippen LogP contribution in [0.1, 0.15) is 10.6 Å². The fourth-order valence-electron chi connectivity index (χ4n) is 1.10. The molecule has 0 atom stereocenters. The number of carbonyl (C=O) groups is 1. The molecule has 2 rings (SSSR count). The summed E-state index contributed by atoms with van der Waals surface area (Å²) >= 11 is 0. The summed E-state index contributed by atoms with van der Waals surface area (Å²) in [4.78, 5) is 10.3. The van der Waals surface area contributed by atoms with E-state index in [4.69, 9.17) is 4.42 Å². The predicted octanol–water partition coefficient (Wildman–Crippen LogP) is 2.38. The smallest absolute Gasteiger partial charge is 0.185 e. The molecule has 0 saturated heterocycles. The van der Waals surface area contributed by atoms with Crippen molar-refractivity contribution in [3.63, 3.8) is 0 Å². The SMILES string of the molecule is O=Cc1cc2c(F)cccc2o1. The van der Waals surface area contributed by atoms with Crippen molar-refractivity contribution in [2.24, 2.45) is 0 Å². The van der Waals surface area contributed by atoms with Crippen LogP contribution in [0.4, 0.5) is 4.39 Å². The molecule has 0 aliphatic heterocycles. The summed E-state index contributed by atoms with van der Waals surface area (Å²) in [7, 11) is 0. The zero-order valence-electron chi connectivity index (χ0n) is 6.08. The topological polar surface area (TPSA) is 30.2 Å². The van der Waals surface area contributed by atoms with E-state index in [2.05, 4.69) is 0 Å². The number of fused-ring (bicyclic) bond motifs is 1. The molecule has 2 aromatic rings. The lowest BCUT2D eigenvalue weighted by Gasteiger charge is -1.86. The number of rotatable bonds is 1. The van der Waals surface area contributed by atoms with E-state index in [1.807, 2.05) is 0 Å². The molecule has 60 valence electrons. The molecular formula is C9H5FO2. The van der Waals surface area contributed by atoms with Crippen molar-refractivity contribution in [2.75, 3.05) is 0 Å². The lowest BCUT2D eigenvalue weighted by atomic mass is 10.2. The number of carbonyl (C=O) groups excluding carboxylic acids is 1. The molecule has 3 heteroatoms. The quantitative estimate of drug-likeness (QED) is 0.605. The molecule has 0 fully saturated rings. The van der Waals surface area contributed by atoms with Crippen molar-refractivity contribution in [3.05, 3.63) is 35.8 Å². The molecule has 0 aliphatic carbocycles. The average molecular weight is 164 g/mol. The Morgan fingerprint density at radius 1 is 1.42 bits per heavy atom. The van der Waals surface area contributed by atoms with E-state index in [-0.39, 0.29) is 11.6 Å². The molecule has 0 amide bonds. The van der Waals surface area contributed by atoms with Crippen LogP contribution in [0.25, 0.3) is 11.0 Å². The minimum absolute atomic E-state index is 0.148. The van der Waals surface area contributed by atoms with E-state index in [9.17, 15) is 9.18 Å². The molecule has 0 radical (unpaired) electrons. The van der Waals surface area contributed by atoms with Crippen LogP contribution >= 0.6 is 0 Å². The minimum Gasteiger partial charge on any atom is -0.453 e. The number of halogens is 1. The number of furan rings is 1. The van der Waals surface area contributed by atoms with Crippen molar-refractivity contribution in [1.82, 2.24) is 0 Å². The van der Waals surface area contributed by atoms with Crippen LogP contribution in [0.5, 0.6) is 0 Å². The van der Waals surface area contributed by atoms with Crippen molar-refractivity contribution < 1.29 is 13.6 Å². The van der Waals surface area contributed by atoms with Gasteiger partial charge in [-0.3, -0.25) is 4.79 Å². The fourth-order valence-corrected chi connectivity index (χ4v) is 1.10. The monoisotopic (exact) mass is 164 g/mol. The highest BCUT2D eigenvalue weighted by molar-refractivity contribution is 5.85. The lowest BCUT2D eigenvalue weighted by Crippen LogP contribution is -1.71. The highest BCUT2D eigenvalue weighted by atomic mass is 19.1. The highest BCUT2D eigenvalue weighted by Gasteiger charge is 2.05. The number of aldehydes is 1. The van der Waals surface area contributed by atoms with Gasteiger partial charge in [0.2, 0.25) is 0 Å². The molecule has 1 heterocycles. The van der Waals surface area contributed by atoms with Crippen molar-refractivity contribution in [2.45, 2.75) is 0 Å². The Labute approximate surface area is 67.6 Å². The zero-order valence-corrected chi connectivity index (χ0v) is 6.08. The Bertz CT molecular complexity index is 431. The maximum absolute atomic E-state index is 13.0. The van der Waals surface area contributed by atoms with Crippen LogP contribution in [-0.4, -0.2) is 6.29 Å². The fraction of sp³-hybridized carbons (Fsp3) is 0. The summed E-state index contributed by atoms with van der Waals surface area (Å²) in [5.41, 5.74) is 0.400. The van der Waals surface area contributed by atoms with E-state index in [1.165, 1.54) is 18.2 Å². The normalized spacial score (nSPS) is 10.4. The Balaban J connectivity index is 2.82. The molecule has 1 aromatic heterocycles. The molecule has 0 aliphatic rings. The molecule has 2 nitrogen and oxygen atoms in total. The van der Waals surface area contributed by atoms with E-state index < -0.39 is 0 Å². The van der Waals surface area contributed by atoms with Gasteiger partial charge in [-0.1, -0.05) is 6.07 Å². The number of hydrogen-bond donors (Lipinski definition) is 0. The van der Waals surface area contributed by atoms with Gasteiger partial charge in [0, 0.05) is 0 Å². The lowest BCUT2D eigenvalue weighted by molar-refractivity contribution is 0.110. The van der Waals surface area contributed by atoms with E-state index in [0.29, 0.717) is 17.3 Å². The summed E-state index contributed by atoms with van der Waals surface area (Å²) in [6.07, 6.45) is 0.555. The minimum atomic E-state index is -0.371. The third-order valence-electron chi connectivity index (χ3n) is 1.64. The van der Waals surface area contributed by atoms with Gasteiger partial charge in [0.15, 0.2) is 12.0 Å². The largest absolute Gasteiger partial charge is 0.453 e. The van der Waals surface area contributed by atoms with Crippen LogP contribution in [0.2, 0.25) is 0 Å². The van der Waals surface area contributed by atoms with Crippen LogP contribution in [-0.2, 0) is 0 Å². The van der Waals surface area contributed by atoms with Gasteiger partial charge in [-0.25, -0.2) is 4.39 Å². The Morgan fingerprint density at radius 3 is 2.92 bits per heavy atom. The van der Waals surface area contributed by atoms with Crippen LogP contribution in [0.15, 0.2) is 28.7 Å². The maximum Gasteiger partial charge on any atom is 0.185 e. The molecule has 0 unspecified atom stereocenters. The molecule has 12 heavy (non-hydrogen) atoms. The third-order valence-corrected chi connectivity index (χ3v) is 1.64. The van der Waals surface area contributed by atoms with Gasteiger partial charge in [0.1, 0.15) is 11.4 Å². The van der Waals surface area contributed by atoms with E-state index in [0.717, 1.165) is 0 Å². The third kappa shape index (κ3) is 0.906. The van der Waals surface area contributed by atoms with Crippen molar-refractivity contribution >= 4 is 17.3 Å². The van der Waals surface area contributed by atoms with E-state index in [1.54, 1.807) is 6.07 Å². The number of benzene rings is 1. The summed E-state index contributed by atoms with van der Waals surface area (Å²) in [6.45, 7) is 0. The second-order valence-electron chi connectivity index (χ2n) is 2.42. The molecule has 1 aromatic carbocycles. The molecule has 0 N–H and O–H groups in total. The summed E-state index contributed by atoms with van der Waals surface area (Å²) in [5.74, 6) is -0.223. The summed E-state index contributed by atoms with van der Waals surface area (Å²) in [6, 6.07) is 5.87. The second kappa shape index (κ2) is 2.44. The van der Waals surface area contributed by atoms with Crippen LogP contribution in [0.3, 0.4) is 0 Å². The number of hydrogen-bond acceptors (Lipinski definition) is 2. The van der Waals surface area contributed by atoms with Gasteiger partial charge < -0.3 is 4.42 Å². The first-order valence-electron chi connectivity index (χ1n) is 3.44. The van der Waals surface area contributed by atoms with Gasteiger partial charge in [0.05, 0.1) is 5.39 Å². The first-order valence-corrected chi connectivity index (χ1v) is 3.44. The first kappa shape index (κ1) is 7.03. The van der Waals surface area contributed by atoms with Crippen LogP contribution in [0, 0.1) is 5.82 Å². The van der Waals surface area contributed by atoms with Gasteiger partial charge >= 0.3 is 0 Å². The first-order chi connectivity index (χ1) is 5.81. The predicted molar refractivity (Wildman–Crippen MR) is 41.6 cm³/mol. The van der Waals surface area contributed by atoms with Gasteiger partial charge in [-0.05, 0) is 18.2 Å². The molecule has 0 bridgehead atoms. The maximum atomic E-state index is 13.0. The Kier molecular flexibility index (Phi) is 1.43. The standard InChI is InChI=1S/C9H5FO2/c10-8-2-1-3-9-7(8)4-6(5-11)12-9/h1-5H. The average Bonchev–Trinajstić information content (AvgIpc) is 2.49. The van der Waals surface area contributed by atoms with Crippen molar-refractivity contribution in [3.8, 4) is 0 Å². The second-order valence-corrected chi connectivity index (χ2v) is 2.42. The van der Waals surface area contributed by atoms with Gasteiger partial charge in [-0.2, -0.15) is 0 Å². The summed E-state index contributed by atoms with van der Waals surface area (Å²) < 4.78 is 17.9. The molecular weight excluding hydrogens is 159 g/mol. The zero-order chi connectivity index (χ0) is 8.55. The van der Waals surface area contributed by atoms with E-state index >= 15 is 0 Å². The van der Waals surface area contributed by atoms with Crippen molar-refractivity contribution in [1.29, 1.82) is 0 Å². The Morgan fingerprint density at radius 2 is 2.25 bits per heavy atom. The van der Waals surface area contributed by atoms with Crippen LogP contribution < -0.4 is 0 Å². The molecule has 0 spiro atoms. The summed E-state index contributed by atoms with van der Waals surface area (Å²) in [5, 5.41) is 0.347. The van der Waals surface area contributed by atoms with Gasteiger partial charge in [-0.15, -0.1) is 0 Å². The highest BCUT2D eigenvalue weighted by Crippen LogP contribution is 2.20.